The molecule has 1 amide bonds. The number of aromatic nitrogens is 3. The van der Waals surface area contributed by atoms with E-state index in [9.17, 15) is 4.79 Å². The second kappa shape index (κ2) is 11.5. The third-order valence-corrected chi connectivity index (χ3v) is 6.49. The predicted octanol–water partition coefficient (Wildman–Crippen LogP) is 6.23. The average molecular weight is 591 g/mol. The fourth-order valence-electron chi connectivity index (χ4n) is 2.99. The molecule has 4 rings (SSSR count). The van der Waals surface area contributed by atoms with Gasteiger partial charge in [-0.2, -0.15) is 0 Å². The molecule has 0 atom stereocenters. The standard InChI is InChI=1S/C24H20ClIN4O2S/c25-17-6-12-21(13-7-17)32-16-22-28-29-24(30(22)20-4-2-1-3-5-20)33-15-14-23(31)27-19-10-8-18(26)9-11-19/h1-13H,14-16H2,(H,27,31). The number of hydrogen-bond donors (Lipinski definition) is 1. The molecule has 4 aromatic rings. The molecular formula is C24H20ClIN4O2S. The van der Waals surface area contributed by atoms with Crippen molar-refractivity contribution in [1.29, 1.82) is 0 Å². The highest BCUT2D eigenvalue weighted by molar-refractivity contribution is 14.1. The number of halogens is 2. The molecular weight excluding hydrogens is 571 g/mol. The molecule has 9 heteroatoms. The first-order valence-corrected chi connectivity index (χ1v) is 12.6. The van der Waals surface area contributed by atoms with E-state index < -0.39 is 0 Å². The minimum absolute atomic E-state index is 0.0409. The predicted molar refractivity (Wildman–Crippen MR) is 140 cm³/mol. The Morgan fingerprint density at radius 1 is 1.00 bits per heavy atom. The molecule has 1 aromatic heterocycles. The molecule has 1 heterocycles. The zero-order valence-electron chi connectivity index (χ0n) is 17.4. The van der Waals surface area contributed by atoms with E-state index in [1.54, 1.807) is 12.1 Å². The Morgan fingerprint density at radius 2 is 1.73 bits per heavy atom. The lowest BCUT2D eigenvalue weighted by Gasteiger charge is -2.11. The van der Waals surface area contributed by atoms with Crippen LogP contribution < -0.4 is 10.1 Å². The number of hydrogen-bond acceptors (Lipinski definition) is 5. The molecule has 0 saturated heterocycles. The van der Waals surface area contributed by atoms with E-state index >= 15 is 0 Å². The first kappa shape index (κ1) is 23.6. The molecule has 0 spiro atoms. The lowest BCUT2D eigenvalue weighted by molar-refractivity contribution is -0.115. The van der Waals surface area contributed by atoms with Crippen LogP contribution in [0, 0.1) is 3.57 Å². The highest BCUT2D eigenvalue weighted by atomic mass is 127. The van der Waals surface area contributed by atoms with Crippen LogP contribution in [0.3, 0.4) is 0 Å². The summed E-state index contributed by atoms with van der Waals surface area (Å²) in [4.78, 5) is 12.3. The average Bonchev–Trinajstić information content (AvgIpc) is 3.23. The van der Waals surface area contributed by atoms with Crippen molar-refractivity contribution in [2.75, 3.05) is 11.1 Å². The number of thioether (sulfide) groups is 1. The molecule has 0 saturated carbocycles. The molecule has 168 valence electrons. The molecule has 0 aliphatic heterocycles. The van der Waals surface area contributed by atoms with Gasteiger partial charge in [-0.05, 0) is 83.3 Å². The zero-order chi connectivity index (χ0) is 23.0. The number of amides is 1. The van der Waals surface area contributed by atoms with E-state index in [0.29, 0.717) is 33.9 Å². The van der Waals surface area contributed by atoms with Gasteiger partial charge < -0.3 is 10.1 Å². The van der Waals surface area contributed by atoms with Crippen LogP contribution >= 0.6 is 46.0 Å². The van der Waals surface area contributed by atoms with E-state index in [1.807, 2.05) is 71.3 Å². The number of nitrogens with zero attached hydrogens (tertiary/aromatic N) is 3. The van der Waals surface area contributed by atoms with E-state index in [1.165, 1.54) is 11.8 Å². The summed E-state index contributed by atoms with van der Waals surface area (Å²) in [7, 11) is 0. The Hall–Kier alpha value is -2.56. The molecule has 6 nitrogen and oxygen atoms in total. The molecule has 33 heavy (non-hydrogen) atoms. The Bertz CT molecular complexity index is 1200. The number of benzene rings is 3. The summed E-state index contributed by atoms with van der Waals surface area (Å²) in [5, 5.41) is 13.0. The highest BCUT2D eigenvalue weighted by Crippen LogP contribution is 2.24. The van der Waals surface area contributed by atoms with Gasteiger partial charge in [-0.15, -0.1) is 10.2 Å². The van der Waals surface area contributed by atoms with E-state index in [0.717, 1.165) is 14.9 Å². The van der Waals surface area contributed by atoms with Crippen LogP contribution in [0.15, 0.2) is 84.0 Å². The molecule has 0 bridgehead atoms. The summed E-state index contributed by atoms with van der Waals surface area (Å²) < 4.78 is 8.96. The fourth-order valence-corrected chi connectivity index (χ4v) is 4.39. The zero-order valence-corrected chi connectivity index (χ0v) is 21.2. The van der Waals surface area contributed by atoms with Crippen molar-refractivity contribution in [2.45, 2.75) is 18.2 Å². The fraction of sp³-hybridized carbons (Fsp3) is 0.125. The number of anilines is 1. The molecule has 0 unspecified atom stereocenters. The molecule has 0 aliphatic carbocycles. The van der Waals surface area contributed by atoms with Crippen molar-refractivity contribution in [3.05, 3.63) is 93.3 Å². The summed E-state index contributed by atoms with van der Waals surface area (Å²) in [5.74, 6) is 1.89. The van der Waals surface area contributed by atoms with E-state index in [2.05, 4.69) is 38.1 Å². The van der Waals surface area contributed by atoms with Gasteiger partial charge in [-0.1, -0.05) is 41.6 Å². The van der Waals surface area contributed by atoms with Gasteiger partial charge in [-0.3, -0.25) is 9.36 Å². The largest absolute Gasteiger partial charge is 0.486 e. The smallest absolute Gasteiger partial charge is 0.225 e. The van der Waals surface area contributed by atoms with Gasteiger partial charge in [0.1, 0.15) is 12.4 Å². The maximum absolute atomic E-state index is 12.3. The first-order chi connectivity index (χ1) is 16.1. The third-order valence-electron chi connectivity index (χ3n) is 4.58. The molecule has 0 radical (unpaired) electrons. The van der Waals surface area contributed by atoms with Crippen molar-refractivity contribution in [1.82, 2.24) is 14.8 Å². The first-order valence-electron chi connectivity index (χ1n) is 10.1. The minimum atomic E-state index is -0.0409. The number of carbonyl (C=O) groups is 1. The molecule has 3 aromatic carbocycles. The Morgan fingerprint density at radius 3 is 2.45 bits per heavy atom. The molecule has 0 fully saturated rings. The summed E-state index contributed by atoms with van der Waals surface area (Å²) in [6, 6.07) is 24.7. The monoisotopic (exact) mass is 590 g/mol. The van der Waals surface area contributed by atoms with Gasteiger partial charge in [0, 0.05) is 32.1 Å². The Labute approximate surface area is 214 Å². The quantitative estimate of drug-likeness (QED) is 0.185. The van der Waals surface area contributed by atoms with Gasteiger partial charge >= 0.3 is 0 Å². The second-order valence-corrected chi connectivity index (χ2v) is 9.71. The Kier molecular flexibility index (Phi) is 8.25. The van der Waals surface area contributed by atoms with Gasteiger partial charge in [0.05, 0.1) is 0 Å². The number of para-hydroxylation sites is 1. The maximum atomic E-state index is 12.3. The second-order valence-electron chi connectivity index (χ2n) is 6.97. The van der Waals surface area contributed by atoms with Crippen molar-refractivity contribution < 1.29 is 9.53 Å². The van der Waals surface area contributed by atoms with Crippen LogP contribution in [0.2, 0.25) is 5.02 Å². The number of nitrogens with one attached hydrogen (secondary N) is 1. The van der Waals surface area contributed by atoms with Crippen LogP contribution in [-0.4, -0.2) is 26.4 Å². The number of carbonyl (C=O) groups excluding carboxylic acids is 1. The van der Waals surface area contributed by atoms with Gasteiger partial charge in [0.25, 0.3) is 0 Å². The van der Waals surface area contributed by atoms with Gasteiger partial charge in [0.2, 0.25) is 5.91 Å². The SMILES string of the molecule is O=C(CCSc1nnc(COc2ccc(Cl)cc2)n1-c1ccccc1)Nc1ccc(I)cc1. The van der Waals surface area contributed by atoms with Crippen molar-refractivity contribution >= 4 is 57.5 Å². The van der Waals surface area contributed by atoms with Crippen LogP contribution in [0.5, 0.6) is 5.75 Å². The summed E-state index contributed by atoms with van der Waals surface area (Å²) >= 11 is 9.66. The number of rotatable bonds is 9. The number of ether oxygens (including phenoxy) is 1. The molecule has 0 aliphatic rings. The van der Waals surface area contributed by atoms with Crippen LogP contribution in [0.1, 0.15) is 12.2 Å². The maximum Gasteiger partial charge on any atom is 0.225 e. The van der Waals surface area contributed by atoms with Gasteiger partial charge in [0.15, 0.2) is 11.0 Å². The van der Waals surface area contributed by atoms with Crippen LogP contribution in [0.25, 0.3) is 5.69 Å². The lowest BCUT2D eigenvalue weighted by Crippen LogP contribution is -2.12. The van der Waals surface area contributed by atoms with E-state index in [4.69, 9.17) is 16.3 Å². The normalized spacial score (nSPS) is 10.7. The summed E-state index contributed by atoms with van der Waals surface area (Å²) in [6.45, 7) is 0.247. The van der Waals surface area contributed by atoms with Crippen molar-refractivity contribution in [2.24, 2.45) is 0 Å². The van der Waals surface area contributed by atoms with Crippen molar-refractivity contribution in [3.8, 4) is 11.4 Å². The van der Waals surface area contributed by atoms with Gasteiger partial charge in [-0.25, -0.2) is 0 Å². The van der Waals surface area contributed by atoms with Crippen molar-refractivity contribution in [3.63, 3.8) is 0 Å². The highest BCUT2D eigenvalue weighted by Gasteiger charge is 2.16. The molecule has 1 N–H and O–H groups in total. The van der Waals surface area contributed by atoms with Crippen LogP contribution in [-0.2, 0) is 11.4 Å². The minimum Gasteiger partial charge on any atom is -0.486 e. The summed E-state index contributed by atoms with van der Waals surface area (Å²) in [5.41, 5.74) is 1.72. The summed E-state index contributed by atoms with van der Waals surface area (Å²) in [6.07, 6.45) is 0.356. The lowest BCUT2D eigenvalue weighted by atomic mass is 10.3. The topological polar surface area (TPSA) is 69.0 Å². The third kappa shape index (κ3) is 6.72. The van der Waals surface area contributed by atoms with Crippen LogP contribution in [0.4, 0.5) is 5.69 Å². The Balaban J connectivity index is 1.42. The van der Waals surface area contributed by atoms with E-state index in [-0.39, 0.29) is 12.5 Å².